The molecule has 1 N–H and O–H groups in total. The molecule has 0 aliphatic rings. The Morgan fingerprint density at radius 2 is 2.26 bits per heavy atom. The van der Waals surface area contributed by atoms with Crippen molar-refractivity contribution in [3.63, 3.8) is 0 Å². The van der Waals surface area contributed by atoms with E-state index < -0.39 is 5.54 Å². The maximum absolute atomic E-state index is 12.1. The second kappa shape index (κ2) is 7.28. The van der Waals surface area contributed by atoms with E-state index in [1.165, 1.54) is 0 Å². The Bertz CT molecular complexity index is 403. The van der Waals surface area contributed by atoms with E-state index in [-0.39, 0.29) is 5.97 Å². The third-order valence-electron chi connectivity index (χ3n) is 3.11. The highest BCUT2D eigenvalue weighted by molar-refractivity contribution is 5.80. The molecule has 0 saturated carbocycles. The Hall–Kier alpha value is -1.36. The van der Waals surface area contributed by atoms with Crippen LogP contribution in [0.2, 0.25) is 0 Å². The van der Waals surface area contributed by atoms with Gasteiger partial charge in [-0.25, -0.2) is 0 Å². The molecular formula is C14H25N3O2. The molecule has 0 bridgehead atoms. The van der Waals surface area contributed by atoms with Gasteiger partial charge in [0, 0.05) is 12.7 Å². The van der Waals surface area contributed by atoms with E-state index in [0.717, 1.165) is 18.7 Å². The molecule has 0 saturated heterocycles. The fourth-order valence-electron chi connectivity index (χ4n) is 1.88. The average Bonchev–Trinajstić information content (AvgIpc) is 2.80. The molecule has 5 heteroatoms. The summed E-state index contributed by atoms with van der Waals surface area (Å²) in [5, 5.41) is 7.63. The Morgan fingerprint density at radius 3 is 2.79 bits per heavy atom. The lowest BCUT2D eigenvalue weighted by Crippen LogP contribution is -2.51. The smallest absolute Gasteiger partial charge is 0.326 e. The van der Waals surface area contributed by atoms with Crippen molar-refractivity contribution in [1.82, 2.24) is 15.1 Å². The molecule has 1 aromatic heterocycles. The van der Waals surface area contributed by atoms with Gasteiger partial charge in [-0.15, -0.1) is 0 Å². The van der Waals surface area contributed by atoms with Gasteiger partial charge in [0.2, 0.25) is 0 Å². The lowest BCUT2D eigenvalue weighted by molar-refractivity contribution is -0.151. The Labute approximate surface area is 115 Å². The molecule has 108 valence electrons. The molecule has 0 radical (unpaired) electrons. The normalized spacial score (nSPS) is 14.1. The van der Waals surface area contributed by atoms with E-state index in [2.05, 4.69) is 17.3 Å². The fraction of sp³-hybridized carbons (Fsp3) is 0.714. The van der Waals surface area contributed by atoms with Gasteiger partial charge in [0.05, 0.1) is 12.3 Å². The summed E-state index contributed by atoms with van der Waals surface area (Å²) in [5.74, 6) is -0.188. The highest BCUT2D eigenvalue weighted by Crippen LogP contribution is 2.14. The van der Waals surface area contributed by atoms with E-state index in [9.17, 15) is 4.79 Å². The van der Waals surface area contributed by atoms with E-state index >= 15 is 0 Å². The van der Waals surface area contributed by atoms with Gasteiger partial charge in [0.25, 0.3) is 0 Å². The first-order valence-corrected chi connectivity index (χ1v) is 6.94. The third kappa shape index (κ3) is 4.67. The molecule has 1 rings (SSSR count). The van der Waals surface area contributed by atoms with Crippen molar-refractivity contribution in [3.05, 3.63) is 18.0 Å². The maximum Gasteiger partial charge on any atom is 0.326 e. The number of hydrogen-bond donors (Lipinski definition) is 1. The van der Waals surface area contributed by atoms with Crippen LogP contribution in [-0.4, -0.2) is 34.4 Å². The van der Waals surface area contributed by atoms with Crippen molar-refractivity contribution in [1.29, 1.82) is 0 Å². The predicted octanol–water partition coefficient (Wildman–Crippen LogP) is 1.90. The monoisotopic (exact) mass is 267 g/mol. The van der Waals surface area contributed by atoms with Gasteiger partial charge in [0.1, 0.15) is 5.54 Å². The quantitative estimate of drug-likeness (QED) is 0.731. The molecule has 1 heterocycles. The number of aromatic nitrogens is 2. The highest BCUT2D eigenvalue weighted by Gasteiger charge is 2.33. The molecule has 1 aromatic rings. The average molecular weight is 267 g/mol. The number of carbonyl (C=O) groups is 1. The highest BCUT2D eigenvalue weighted by atomic mass is 16.5. The number of esters is 1. The second-order valence-electron chi connectivity index (χ2n) is 4.95. The zero-order chi connectivity index (χ0) is 14.3. The van der Waals surface area contributed by atoms with E-state index in [4.69, 9.17) is 4.74 Å². The zero-order valence-electron chi connectivity index (χ0n) is 12.4. The van der Waals surface area contributed by atoms with Crippen LogP contribution in [0.3, 0.4) is 0 Å². The van der Waals surface area contributed by atoms with E-state index in [1.54, 1.807) is 0 Å². The summed E-state index contributed by atoms with van der Waals surface area (Å²) in [4.78, 5) is 12.1. The molecule has 0 amide bonds. The van der Waals surface area contributed by atoms with Gasteiger partial charge in [-0.3, -0.25) is 9.48 Å². The first kappa shape index (κ1) is 15.7. The number of ether oxygens (including phenoxy) is 1. The maximum atomic E-state index is 12.1. The standard InChI is InChI=1S/C14H25N3O2/c1-5-9-15-14(4,13(18)19-6-2)8-11-17-10-7-12(3)16-17/h7,10,15H,5-6,8-9,11H2,1-4H3. The van der Waals surface area contributed by atoms with Crippen LogP contribution in [0.15, 0.2) is 12.3 Å². The Balaban J connectivity index is 2.65. The minimum Gasteiger partial charge on any atom is -0.465 e. The first-order valence-electron chi connectivity index (χ1n) is 6.94. The van der Waals surface area contributed by atoms with Crippen LogP contribution in [0, 0.1) is 6.92 Å². The fourth-order valence-corrected chi connectivity index (χ4v) is 1.88. The molecule has 1 unspecified atom stereocenters. The minimum absolute atomic E-state index is 0.188. The van der Waals surface area contributed by atoms with Crippen molar-refractivity contribution in [2.24, 2.45) is 0 Å². The number of aryl methyl sites for hydroxylation is 2. The first-order chi connectivity index (χ1) is 9.01. The lowest BCUT2D eigenvalue weighted by atomic mass is 9.97. The molecule has 19 heavy (non-hydrogen) atoms. The van der Waals surface area contributed by atoms with Crippen molar-refractivity contribution in [2.45, 2.75) is 52.6 Å². The Kier molecular flexibility index (Phi) is 6.02. The molecule has 0 aromatic carbocycles. The van der Waals surface area contributed by atoms with Gasteiger partial charge >= 0.3 is 5.97 Å². The van der Waals surface area contributed by atoms with Gasteiger partial charge < -0.3 is 10.1 Å². The van der Waals surface area contributed by atoms with Crippen LogP contribution in [0.1, 0.15) is 39.3 Å². The van der Waals surface area contributed by atoms with Gasteiger partial charge in [-0.2, -0.15) is 5.10 Å². The van der Waals surface area contributed by atoms with Gasteiger partial charge in [-0.05, 0) is 46.2 Å². The SMILES string of the molecule is CCCNC(C)(CCn1ccc(C)n1)C(=O)OCC. The molecule has 1 atom stereocenters. The number of carbonyl (C=O) groups excluding carboxylic acids is 1. The molecule has 5 nitrogen and oxygen atoms in total. The van der Waals surface area contributed by atoms with Crippen LogP contribution in [0.25, 0.3) is 0 Å². The molecule has 0 fully saturated rings. The summed E-state index contributed by atoms with van der Waals surface area (Å²) in [6, 6.07) is 1.96. The largest absolute Gasteiger partial charge is 0.465 e. The molecular weight excluding hydrogens is 242 g/mol. The lowest BCUT2D eigenvalue weighted by Gasteiger charge is -2.28. The summed E-state index contributed by atoms with van der Waals surface area (Å²) in [5.41, 5.74) is 0.339. The van der Waals surface area contributed by atoms with Crippen LogP contribution in [0.4, 0.5) is 0 Å². The van der Waals surface area contributed by atoms with Crippen molar-refractivity contribution in [2.75, 3.05) is 13.2 Å². The number of nitrogens with one attached hydrogen (secondary N) is 1. The topological polar surface area (TPSA) is 56.2 Å². The Morgan fingerprint density at radius 1 is 1.53 bits per heavy atom. The summed E-state index contributed by atoms with van der Waals surface area (Å²) in [6.45, 7) is 9.66. The van der Waals surface area contributed by atoms with Crippen LogP contribution in [0.5, 0.6) is 0 Å². The number of rotatable bonds is 8. The second-order valence-corrected chi connectivity index (χ2v) is 4.95. The molecule has 0 aliphatic carbocycles. The summed E-state index contributed by atoms with van der Waals surface area (Å²) < 4.78 is 7.03. The molecule has 0 aliphatic heterocycles. The van der Waals surface area contributed by atoms with Crippen LogP contribution < -0.4 is 5.32 Å². The van der Waals surface area contributed by atoms with Gasteiger partial charge in [-0.1, -0.05) is 6.92 Å². The van der Waals surface area contributed by atoms with Crippen molar-refractivity contribution >= 4 is 5.97 Å². The van der Waals surface area contributed by atoms with Gasteiger partial charge in [0.15, 0.2) is 0 Å². The molecule has 0 spiro atoms. The van der Waals surface area contributed by atoms with E-state index in [1.807, 2.05) is 37.7 Å². The summed E-state index contributed by atoms with van der Waals surface area (Å²) in [7, 11) is 0. The van der Waals surface area contributed by atoms with Crippen LogP contribution >= 0.6 is 0 Å². The third-order valence-corrected chi connectivity index (χ3v) is 3.11. The van der Waals surface area contributed by atoms with E-state index in [0.29, 0.717) is 19.6 Å². The van der Waals surface area contributed by atoms with Crippen molar-refractivity contribution in [3.8, 4) is 0 Å². The zero-order valence-corrected chi connectivity index (χ0v) is 12.4. The minimum atomic E-state index is -0.647. The summed E-state index contributed by atoms with van der Waals surface area (Å²) in [6.07, 6.45) is 3.57. The number of hydrogen-bond acceptors (Lipinski definition) is 4. The van der Waals surface area contributed by atoms with Crippen molar-refractivity contribution < 1.29 is 9.53 Å². The predicted molar refractivity (Wildman–Crippen MR) is 74.9 cm³/mol. The number of nitrogens with zero attached hydrogens (tertiary/aromatic N) is 2. The van der Waals surface area contributed by atoms with Crippen LogP contribution in [-0.2, 0) is 16.1 Å². The summed E-state index contributed by atoms with van der Waals surface area (Å²) >= 11 is 0.